The highest BCUT2D eigenvalue weighted by molar-refractivity contribution is 6.61. The molecule has 2 aliphatic rings. The largest absolute Gasteiger partial charge is 0.407 e. The van der Waals surface area contributed by atoms with Crippen molar-refractivity contribution in [3.8, 4) is 0 Å². The number of rotatable bonds is 2. The third-order valence-corrected chi connectivity index (χ3v) is 3.08. The van der Waals surface area contributed by atoms with Gasteiger partial charge in [-0.25, -0.2) is 0 Å². The van der Waals surface area contributed by atoms with E-state index < -0.39 is 0 Å². The molecule has 0 amide bonds. The molecule has 2 rings (SSSR count). The van der Waals surface area contributed by atoms with Gasteiger partial charge in [0.15, 0.2) is 0 Å². The fourth-order valence-electron chi connectivity index (χ4n) is 2.32. The Morgan fingerprint density at radius 3 is 2.53 bits per heavy atom. The molecule has 2 heterocycles. The predicted molar refractivity (Wildman–Crippen MR) is 74.1 cm³/mol. The lowest BCUT2D eigenvalue weighted by atomic mass is 9.69. The van der Waals surface area contributed by atoms with E-state index >= 15 is 0 Å². The monoisotopic (exact) mass is 231 g/mol. The molecule has 0 radical (unpaired) electrons. The average Bonchev–Trinajstić information content (AvgIpc) is 2.56. The van der Waals surface area contributed by atoms with Crippen LogP contribution in [0.3, 0.4) is 0 Å². The van der Waals surface area contributed by atoms with Crippen LogP contribution in [-0.2, 0) is 0 Å². The first kappa shape index (κ1) is 12.3. The lowest BCUT2D eigenvalue weighted by molar-refractivity contribution is 0.324. The Hall–Kier alpha value is -1.16. The molecule has 0 bridgehead atoms. The van der Waals surface area contributed by atoms with Crippen molar-refractivity contribution in [3.63, 3.8) is 0 Å². The summed E-state index contributed by atoms with van der Waals surface area (Å²) in [6.07, 6.45) is 8.70. The van der Waals surface area contributed by atoms with Crippen LogP contribution in [0.2, 0.25) is 0 Å². The van der Waals surface area contributed by atoms with Crippen LogP contribution in [0.25, 0.3) is 0 Å². The van der Waals surface area contributed by atoms with Gasteiger partial charge in [0.25, 0.3) is 0 Å². The van der Waals surface area contributed by atoms with Crippen molar-refractivity contribution in [2.24, 2.45) is 0 Å². The zero-order chi connectivity index (χ0) is 12.6. The lowest BCUT2D eigenvalue weighted by Crippen LogP contribution is -2.50. The van der Waals surface area contributed by atoms with Gasteiger partial charge in [-0.05, 0) is 47.1 Å². The van der Waals surface area contributed by atoms with Crippen LogP contribution < -0.4 is 0 Å². The molecule has 0 fully saturated rings. The number of fused-ring (bicyclic) bond motifs is 1. The highest BCUT2D eigenvalue weighted by Gasteiger charge is 2.39. The molecule has 0 saturated carbocycles. The molecule has 0 aromatic heterocycles. The van der Waals surface area contributed by atoms with Crippen molar-refractivity contribution in [1.82, 2.24) is 14.5 Å². The van der Waals surface area contributed by atoms with Gasteiger partial charge in [0, 0.05) is 24.0 Å². The number of hydrogen-bond acceptors (Lipinski definition) is 3. The molecule has 4 heteroatoms. The van der Waals surface area contributed by atoms with Gasteiger partial charge < -0.3 is 14.5 Å². The maximum absolute atomic E-state index is 2.42. The quantitative estimate of drug-likeness (QED) is 0.672. The first-order chi connectivity index (χ1) is 7.89. The maximum Gasteiger partial charge on any atom is 0.407 e. The van der Waals surface area contributed by atoms with Crippen LogP contribution in [0.5, 0.6) is 0 Å². The summed E-state index contributed by atoms with van der Waals surface area (Å²) in [7, 11) is 4.22. The van der Waals surface area contributed by atoms with Gasteiger partial charge in [0.2, 0.25) is 0 Å². The minimum absolute atomic E-state index is 0.145. The summed E-state index contributed by atoms with van der Waals surface area (Å²) in [5, 5.41) is 0. The van der Waals surface area contributed by atoms with E-state index in [0.717, 1.165) is 6.54 Å². The fraction of sp³-hybridized carbons (Fsp3) is 0.538. The Morgan fingerprint density at radius 1 is 1.24 bits per heavy atom. The van der Waals surface area contributed by atoms with Crippen LogP contribution >= 0.6 is 0 Å². The summed E-state index contributed by atoms with van der Waals surface area (Å²) in [6, 6.07) is 0. The molecule has 0 unspecified atom stereocenters. The molecule has 0 atom stereocenters. The van der Waals surface area contributed by atoms with E-state index in [1.54, 1.807) is 0 Å². The van der Waals surface area contributed by atoms with Crippen molar-refractivity contribution in [2.75, 3.05) is 20.6 Å². The summed E-state index contributed by atoms with van der Waals surface area (Å²) < 4.78 is 0. The Bertz CT molecular complexity index is 377. The minimum Gasteiger partial charge on any atom is -0.392 e. The number of allylic oxidation sites excluding steroid dienone is 2. The minimum atomic E-state index is 0.145. The molecule has 0 aliphatic carbocycles. The molecule has 0 spiro atoms. The zero-order valence-electron chi connectivity index (χ0n) is 11.5. The molecule has 17 heavy (non-hydrogen) atoms. The van der Waals surface area contributed by atoms with Crippen molar-refractivity contribution in [3.05, 3.63) is 36.2 Å². The Labute approximate surface area is 105 Å². The number of likely N-dealkylation sites (N-methyl/N-ethyl adjacent to an activating group) is 1. The third kappa shape index (κ3) is 2.42. The smallest absolute Gasteiger partial charge is 0.392 e. The molecule has 0 N–H and O–H groups in total. The first-order valence-electron chi connectivity index (χ1n) is 6.17. The van der Waals surface area contributed by atoms with Gasteiger partial charge in [-0.15, -0.1) is 0 Å². The van der Waals surface area contributed by atoms with Crippen LogP contribution in [-0.4, -0.2) is 47.7 Å². The van der Waals surface area contributed by atoms with Crippen LogP contribution in [0, 0.1) is 0 Å². The van der Waals surface area contributed by atoms with Crippen LogP contribution in [0.15, 0.2) is 36.2 Å². The molecule has 0 aromatic carbocycles. The van der Waals surface area contributed by atoms with Crippen molar-refractivity contribution in [1.29, 1.82) is 0 Å². The first-order valence-corrected chi connectivity index (χ1v) is 6.17. The molecule has 0 aromatic rings. The Morgan fingerprint density at radius 2 is 1.94 bits per heavy atom. The second-order valence-electron chi connectivity index (χ2n) is 5.98. The van der Waals surface area contributed by atoms with E-state index in [1.165, 1.54) is 5.70 Å². The van der Waals surface area contributed by atoms with Crippen molar-refractivity contribution >= 4 is 6.98 Å². The molecule has 2 aliphatic heterocycles. The molecule has 0 saturated heterocycles. The normalized spacial score (nSPS) is 19.2. The Kier molecular flexibility index (Phi) is 3.08. The second-order valence-corrected chi connectivity index (χ2v) is 5.98. The summed E-state index contributed by atoms with van der Waals surface area (Å²) in [6.45, 7) is 8.09. The van der Waals surface area contributed by atoms with Gasteiger partial charge in [-0.3, -0.25) is 0 Å². The molecular weight excluding hydrogens is 209 g/mol. The van der Waals surface area contributed by atoms with Gasteiger partial charge in [0.1, 0.15) is 0 Å². The Balaban J connectivity index is 2.27. The predicted octanol–water partition coefficient (Wildman–Crippen LogP) is 1.92. The average molecular weight is 231 g/mol. The molecular formula is C13H22BN3. The fourth-order valence-corrected chi connectivity index (χ4v) is 2.32. The van der Waals surface area contributed by atoms with E-state index in [9.17, 15) is 0 Å². The van der Waals surface area contributed by atoms with Crippen LogP contribution in [0.4, 0.5) is 0 Å². The summed E-state index contributed by atoms with van der Waals surface area (Å²) in [5.41, 5.74) is 1.50. The van der Waals surface area contributed by atoms with Crippen LogP contribution in [0.1, 0.15) is 20.8 Å². The summed E-state index contributed by atoms with van der Waals surface area (Å²) >= 11 is 0. The highest BCUT2D eigenvalue weighted by Crippen LogP contribution is 2.29. The SMILES string of the molecule is CN(C)CC1=CN(C(C)(C)C)B2C=CC=CN21. The van der Waals surface area contributed by atoms with Crippen molar-refractivity contribution < 1.29 is 0 Å². The van der Waals surface area contributed by atoms with E-state index in [1.807, 2.05) is 0 Å². The molecule has 92 valence electrons. The summed E-state index contributed by atoms with van der Waals surface area (Å²) in [5.74, 6) is 2.25. The molecule has 3 nitrogen and oxygen atoms in total. The van der Waals surface area contributed by atoms with Crippen molar-refractivity contribution in [2.45, 2.75) is 26.3 Å². The zero-order valence-corrected chi connectivity index (χ0v) is 11.5. The second kappa shape index (κ2) is 4.26. The summed E-state index contributed by atoms with van der Waals surface area (Å²) in [4.78, 5) is 6.98. The van der Waals surface area contributed by atoms with E-state index in [4.69, 9.17) is 0 Å². The van der Waals surface area contributed by atoms with Gasteiger partial charge in [-0.2, -0.15) is 0 Å². The van der Waals surface area contributed by atoms with E-state index in [-0.39, 0.29) is 5.54 Å². The third-order valence-electron chi connectivity index (χ3n) is 3.08. The van der Waals surface area contributed by atoms with Gasteiger partial charge in [-0.1, -0.05) is 12.1 Å². The van der Waals surface area contributed by atoms with E-state index in [2.05, 4.69) is 79.9 Å². The van der Waals surface area contributed by atoms with E-state index in [0.29, 0.717) is 6.98 Å². The lowest BCUT2D eigenvalue weighted by Gasteiger charge is -2.37. The number of hydrogen-bond donors (Lipinski definition) is 0. The standard InChI is InChI=1S/C13H22BN3/c1-13(2,3)17-11-12(10-15(4)5)16-9-7-6-8-14(16)17/h6-9,11H,10H2,1-5H3. The highest BCUT2D eigenvalue weighted by atomic mass is 15.3. The maximum atomic E-state index is 2.42. The topological polar surface area (TPSA) is 9.72 Å². The number of nitrogens with zero attached hydrogens (tertiary/aromatic N) is 3. The van der Waals surface area contributed by atoms with Gasteiger partial charge >= 0.3 is 6.98 Å². The van der Waals surface area contributed by atoms with Gasteiger partial charge in [0.05, 0.1) is 0 Å².